The Morgan fingerprint density at radius 2 is 1.89 bits per heavy atom. The summed E-state index contributed by atoms with van der Waals surface area (Å²) in [6, 6.07) is 10.9. The molecule has 2 aromatic carbocycles. The third-order valence-electron chi connectivity index (χ3n) is 3.56. The van der Waals surface area contributed by atoms with Crippen LogP contribution in [0.1, 0.15) is 15.9 Å². The molecule has 2 rings (SSSR count). The summed E-state index contributed by atoms with van der Waals surface area (Å²) in [5.41, 5.74) is 0.0422. The number of ether oxygens (including phenoxy) is 2. The summed E-state index contributed by atoms with van der Waals surface area (Å²) in [6.07, 6.45) is 0. The first-order valence-corrected chi connectivity index (χ1v) is 8.32. The standard InChI is InChI=1S/C18H17ClN2O6/c1-12-15(3-2-4-16(12)21(24)25)18(23)27-11-17(22)20-9-10-26-14-7-5-13(19)6-8-14/h2-8H,9-11H2,1H3,(H,20,22). The molecule has 0 aliphatic carbocycles. The highest BCUT2D eigenvalue weighted by Crippen LogP contribution is 2.21. The van der Waals surface area contributed by atoms with Gasteiger partial charge >= 0.3 is 5.97 Å². The van der Waals surface area contributed by atoms with E-state index in [0.717, 1.165) is 0 Å². The molecule has 0 atom stereocenters. The summed E-state index contributed by atoms with van der Waals surface area (Å²) < 4.78 is 10.3. The SMILES string of the molecule is Cc1c(C(=O)OCC(=O)NCCOc2ccc(Cl)cc2)cccc1[N+](=O)[O-]. The molecule has 27 heavy (non-hydrogen) atoms. The number of nitro groups is 1. The number of carbonyl (C=O) groups excluding carboxylic acids is 2. The number of nitrogens with one attached hydrogen (secondary N) is 1. The van der Waals surface area contributed by atoms with Crippen molar-refractivity contribution < 1.29 is 24.0 Å². The molecule has 0 saturated carbocycles. The number of esters is 1. The summed E-state index contributed by atoms with van der Waals surface area (Å²) in [5, 5.41) is 14.0. The van der Waals surface area contributed by atoms with Crippen molar-refractivity contribution in [1.82, 2.24) is 5.32 Å². The lowest BCUT2D eigenvalue weighted by atomic mass is 10.1. The summed E-state index contributed by atoms with van der Waals surface area (Å²) in [7, 11) is 0. The van der Waals surface area contributed by atoms with Gasteiger partial charge in [0.1, 0.15) is 12.4 Å². The molecule has 9 heteroatoms. The van der Waals surface area contributed by atoms with E-state index in [0.29, 0.717) is 10.8 Å². The van der Waals surface area contributed by atoms with Crippen LogP contribution in [0.5, 0.6) is 5.75 Å². The van der Waals surface area contributed by atoms with Gasteiger partial charge in [-0.25, -0.2) is 4.79 Å². The van der Waals surface area contributed by atoms with Crippen LogP contribution in [0.15, 0.2) is 42.5 Å². The molecular formula is C18H17ClN2O6. The first-order chi connectivity index (χ1) is 12.9. The second-order valence-electron chi connectivity index (χ2n) is 5.44. The van der Waals surface area contributed by atoms with E-state index in [1.165, 1.54) is 25.1 Å². The van der Waals surface area contributed by atoms with Crippen LogP contribution in [0, 0.1) is 17.0 Å². The van der Waals surface area contributed by atoms with Crippen LogP contribution >= 0.6 is 11.6 Å². The Hall–Kier alpha value is -3.13. The third kappa shape index (κ3) is 5.96. The van der Waals surface area contributed by atoms with E-state index >= 15 is 0 Å². The molecule has 0 aliphatic heterocycles. The molecule has 0 aromatic heterocycles. The normalized spacial score (nSPS) is 10.1. The number of amides is 1. The fourth-order valence-electron chi connectivity index (χ4n) is 2.19. The van der Waals surface area contributed by atoms with E-state index in [9.17, 15) is 19.7 Å². The maximum Gasteiger partial charge on any atom is 0.339 e. The molecule has 0 saturated heterocycles. The molecule has 0 heterocycles. The predicted molar refractivity (Wildman–Crippen MR) is 98.1 cm³/mol. The first kappa shape index (κ1) is 20.2. The minimum Gasteiger partial charge on any atom is -0.492 e. The number of hydrogen-bond donors (Lipinski definition) is 1. The minimum atomic E-state index is -0.802. The average Bonchev–Trinajstić information content (AvgIpc) is 2.64. The van der Waals surface area contributed by atoms with Crippen molar-refractivity contribution in [2.24, 2.45) is 0 Å². The molecule has 2 aromatic rings. The Labute approximate surface area is 160 Å². The molecule has 0 unspecified atom stereocenters. The number of benzene rings is 2. The van der Waals surface area contributed by atoms with Gasteiger partial charge in [-0.1, -0.05) is 17.7 Å². The Kier molecular flexibility index (Phi) is 7.13. The first-order valence-electron chi connectivity index (χ1n) is 7.94. The monoisotopic (exact) mass is 392 g/mol. The van der Waals surface area contributed by atoms with E-state index in [1.807, 2.05) is 0 Å². The molecule has 0 fully saturated rings. The van der Waals surface area contributed by atoms with Gasteiger partial charge in [0.2, 0.25) is 0 Å². The molecule has 0 bridgehead atoms. The van der Waals surface area contributed by atoms with E-state index in [2.05, 4.69) is 5.32 Å². The number of rotatable bonds is 8. The molecule has 0 aliphatic rings. The average molecular weight is 393 g/mol. The Bertz CT molecular complexity index is 838. The van der Waals surface area contributed by atoms with Crippen LogP contribution < -0.4 is 10.1 Å². The van der Waals surface area contributed by atoms with Crippen molar-refractivity contribution in [3.05, 3.63) is 68.7 Å². The van der Waals surface area contributed by atoms with Gasteiger partial charge in [-0.15, -0.1) is 0 Å². The molecular weight excluding hydrogens is 376 g/mol. The van der Waals surface area contributed by atoms with Crippen molar-refractivity contribution in [2.75, 3.05) is 19.8 Å². The van der Waals surface area contributed by atoms with Gasteiger partial charge < -0.3 is 14.8 Å². The minimum absolute atomic E-state index is 0.0445. The van der Waals surface area contributed by atoms with E-state index in [-0.39, 0.29) is 30.0 Å². The zero-order chi connectivity index (χ0) is 19.8. The summed E-state index contributed by atoms with van der Waals surface area (Å²) in [5.74, 6) is -0.698. The largest absolute Gasteiger partial charge is 0.492 e. The molecule has 0 radical (unpaired) electrons. The Balaban J connectivity index is 1.75. The van der Waals surface area contributed by atoms with Crippen LogP contribution in [0.4, 0.5) is 5.69 Å². The third-order valence-corrected chi connectivity index (χ3v) is 3.81. The number of nitrogens with zero attached hydrogens (tertiary/aromatic N) is 1. The van der Waals surface area contributed by atoms with Gasteiger partial charge in [-0.3, -0.25) is 14.9 Å². The fraction of sp³-hybridized carbons (Fsp3) is 0.222. The zero-order valence-electron chi connectivity index (χ0n) is 14.4. The summed E-state index contributed by atoms with van der Waals surface area (Å²) >= 11 is 5.77. The number of hydrogen-bond acceptors (Lipinski definition) is 6. The molecule has 1 amide bonds. The molecule has 1 N–H and O–H groups in total. The topological polar surface area (TPSA) is 108 Å². The van der Waals surface area contributed by atoms with E-state index in [1.54, 1.807) is 24.3 Å². The summed E-state index contributed by atoms with van der Waals surface area (Å²) in [6.45, 7) is 1.39. The van der Waals surface area contributed by atoms with Gasteiger partial charge in [-0.2, -0.15) is 0 Å². The molecule has 0 spiro atoms. The van der Waals surface area contributed by atoms with Crippen molar-refractivity contribution in [3.63, 3.8) is 0 Å². The van der Waals surface area contributed by atoms with Crippen LogP contribution in [0.3, 0.4) is 0 Å². The van der Waals surface area contributed by atoms with Crippen molar-refractivity contribution in [3.8, 4) is 5.75 Å². The molecule has 8 nitrogen and oxygen atoms in total. The van der Waals surface area contributed by atoms with E-state index < -0.39 is 23.4 Å². The highest BCUT2D eigenvalue weighted by atomic mass is 35.5. The van der Waals surface area contributed by atoms with Crippen molar-refractivity contribution in [2.45, 2.75) is 6.92 Å². The second kappa shape index (κ2) is 9.54. The maximum absolute atomic E-state index is 12.0. The van der Waals surface area contributed by atoms with Crippen LogP contribution in [0.2, 0.25) is 5.02 Å². The van der Waals surface area contributed by atoms with Gasteiger partial charge in [-0.05, 0) is 37.3 Å². The lowest BCUT2D eigenvalue weighted by Gasteiger charge is -2.09. The highest BCUT2D eigenvalue weighted by Gasteiger charge is 2.19. The van der Waals surface area contributed by atoms with Crippen molar-refractivity contribution >= 4 is 29.2 Å². The van der Waals surface area contributed by atoms with Crippen molar-refractivity contribution in [1.29, 1.82) is 0 Å². The lowest BCUT2D eigenvalue weighted by Crippen LogP contribution is -2.32. The van der Waals surface area contributed by atoms with E-state index in [4.69, 9.17) is 21.1 Å². The Morgan fingerprint density at radius 3 is 2.56 bits per heavy atom. The maximum atomic E-state index is 12.0. The fourth-order valence-corrected chi connectivity index (χ4v) is 2.32. The predicted octanol–water partition coefficient (Wildman–Crippen LogP) is 2.91. The van der Waals surface area contributed by atoms with Gasteiger partial charge in [0.05, 0.1) is 17.0 Å². The lowest BCUT2D eigenvalue weighted by molar-refractivity contribution is -0.385. The number of carbonyl (C=O) groups is 2. The van der Waals surface area contributed by atoms with Gasteiger partial charge in [0.25, 0.3) is 11.6 Å². The quantitative estimate of drug-likeness (QED) is 0.320. The van der Waals surface area contributed by atoms with Gasteiger partial charge in [0, 0.05) is 16.7 Å². The number of nitro benzene ring substituents is 1. The summed E-state index contributed by atoms with van der Waals surface area (Å²) in [4.78, 5) is 34.1. The zero-order valence-corrected chi connectivity index (χ0v) is 15.2. The highest BCUT2D eigenvalue weighted by molar-refractivity contribution is 6.30. The number of halogens is 1. The smallest absolute Gasteiger partial charge is 0.339 e. The van der Waals surface area contributed by atoms with Crippen LogP contribution in [0.25, 0.3) is 0 Å². The second-order valence-corrected chi connectivity index (χ2v) is 5.87. The van der Waals surface area contributed by atoms with Gasteiger partial charge in [0.15, 0.2) is 6.61 Å². The molecule has 142 valence electrons. The van der Waals surface area contributed by atoms with Crippen LogP contribution in [-0.4, -0.2) is 36.6 Å². The Morgan fingerprint density at radius 1 is 1.19 bits per heavy atom. The van der Waals surface area contributed by atoms with Crippen LogP contribution in [-0.2, 0) is 9.53 Å².